The lowest BCUT2D eigenvalue weighted by molar-refractivity contribution is 0.0697. The maximum absolute atomic E-state index is 11.3. The minimum absolute atomic E-state index is 0.196. The molecule has 0 saturated heterocycles. The summed E-state index contributed by atoms with van der Waals surface area (Å²) in [6.45, 7) is 3.60. The van der Waals surface area contributed by atoms with Crippen LogP contribution in [0.1, 0.15) is 21.6 Å². The predicted octanol–water partition coefficient (Wildman–Crippen LogP) is 3.90. The van der Waals surface area contributed by atoms with E-state index in [1.165, 1.54) is 0 Å². The number of halogens is 1. The van der Waals surface area contributed by atoms with Crippen molar-refractivity contribution in [3.8, 4) is 0 Å². The van der Waals surface area contributed by atoms with E-state index in [0.29, 0.717) is 11.4 Å². The number of carboxylic acid groups (broad SMARTS) is 1. The largest absolute Gasteiger partial charge is 0.478 e. The summed E-state index contributed by atoms with van der Waals surface area (Å²) in [6, 6.07) is 9.26. The van der Waals surface area contributed by atoms with Crippen molar-refractivity contribution in [1.29, 1.82) is 0 Å². The number of benzene rings is 1. The summed E-state index contributed by atoms with van der Waals surface area (Å²) in [6.07, 6.45) is 0. The number of rotatable bonds is 3. The van der Waals surface area contributed by atoms with Crippen molar-refractivity contribution in [2.24, 2.45) is 0 Å². The van der Waals surface area contributed by atoms with Crippen molar-refractivity contribution < 1.29 is 9.90 Å². The third kappa shape index (κ3) is 2.93. The standard InChI is InChI=1S/C14H13BrN2O2/c1-8-7-9(2)16-13(12(8)14(18)19)17-11-6-4-3-5-10(11)15/h3-7H,1-2H3,(H,16,17)(H,18,19). The predicted molar refractivity (Wildman–Crippen MR) is 78.1 cm³/mol. The van der Waals surface area contributed by atoms with Gasteiger partial charge in [-0.3, -0.25) is 0 Å². The van der Waals surface area contributed by atoms with Crippen LogP contribution < -0.4 is 5.32 Å². The normalized spacial score (nSPS) is 10.3. The molecule has 1 aromatic heterocycles. The van der Waals surface area contributed by atoms with Gasteiger partial charge in [-0.1, -0.05) is 12.1 Å². The number of hydrogen-bond donors (Lipinski definition) is 2. The first-order chi connectivity index (χ1) is 8.99. The van der Waals surface area contributed by atoms with Gasteiger partial charge in [0.15, 0.2) is 0 Å². The molecular formula is C14H13BrN2O2. The van der Waals surface area contributed by atoms with E-state index in [-0.39, 0.29) is 5.56 Å². The van der Waals surface area contributed by atoms with E-state index in [1.54, 1.807) is 13.0 Å². The first-order valence-corrected chi connectivity index (χ1v) is 6.51. The molecule has 0 amide bonds. The van der Waals surface area contributed by atoms with E-state index in [9.17, 15) is 9.90 Å². The molecule has 0 atom stereocenters. The molecule has 4 nitrogen and oxygen atoms in total. The lowest BCUT2D eigenvalue weighted by Crippen LogP contribution is -2.08. The Morgan fingerprint density at radius 3 is 2.63 bits per heavy atom. The minimum Gasteiger partial charge on any atom is -0.478 e. The Balaban J connectivity index is 2.51. The SMILES string of the molecule is Cc1cc(C)c(C(=O)O)c(Nc2ccccc2Br)n1. The molecule has 0 aliphatic rings. The fourth-order valence-electron chi connectivity index (χ4n) is 1.89. The van der Waals surface area contributed by atoms with Crippen molar-refractivity contribution in [3.05, 3.63) is 51.6 Å². The average molecular weight is 321 g/mol. The van der Waals surface area contributed by atoms with Gasteiger partial charge in [-0.2, -0.15) is 0 Å². The van der Waals surface area contributed by atoms with E-state index in [2.05, 4.69) is 26.2 Å². The Kier molecular flexibility index (Phi) is 3.85. The first kappa shape index (κ1) is 13.5. The molecule has 1 aromatic carbocycles. The summed E-state index contributed by atoms with van der Waals surface area (Å²) in [7, 11) is 0. The van der Waals surface area contributed by atoms with Gasteiger partial charge in [0, 0.05) is 10.2 Å². The van der Waals surface area contributed by atoms with Crippen molar-refractivity contribution in [1.82, 2.24) is 4.98 Å². The fourth-order valence-corrected chi connectivity index (χ4v) is 2.27. The van der Waals surface area contributed by atoms with Crippen LogP contribution in [-0.4, -0.2) is 16.1 Å². The molecule has 2 rings (SSSR count). The van der Waals surface area contributed by atoms with Gasteiger partial charge in [0.05, 0.1) is 5.69 Å². The molecule has 2 aromatic rings. The van der Waals surface area contributed by atoms with Gasteiger partial charge in [0.25, 0.3) is 0 Å². The van der Waals surface area contributed by atoms with Crippen LogP contribution in [0.3, 0.4) is 0 Å². The number of pyridine rings is 1. The second kappa shape index (κ2) is 5.40. The Labute approximate surface area is 119 Å². The lowest BCUT2D eigenvalue weighted by Gasteiger charge is -2.13. The number of nitrogens with one attached hydrogen (secondary N) is 1. The molecule has 19 heavy (non-hydrogen) atoms. The van der Waals surface area contributed by atoms with E-state index in [4.69, 9.17) is 0 Å². The average Bonchev–Trinajstić information content (AvgIpc) is 2.30. The van der Waals surface area contributed by atoms with Gasteiger partial charge in [0.1, 0.15) is 11.4 Å². The van der Waals surface area contributed by atoms with Gasteiger partial charge in [-0.15, -0.1) is 0 Å². The van der Waals surface area contributed by atoms with Crippen molar-refractivity contribution in [3.63, 3.8) is 0 Å². The molecule has 0 radical (unpaired) electrons. The highest BCUT2D eigenvalue weighted by Crippen LogP contribution is 2.27. The molecule has 1 heterocycles. The zero-order chi connectivity index (χ0) is 14.0. The van der Waals surface area contributed by atoms with Crippen LogP contribution in [0.15, 0.2) is 34.8 Å². The number of carbonyl (C=O) groups is 1. The molecule has 5 heteroatoms. The molecule has 98 valence electrons. The molecule has 0 saturated carbocycles. The maximum atomic E-state index is 11.3. The number of carboxylic acids is 1. The number of aromatic nitrogens is 1. The molecule has 0 aliphatic heterocycles. The highest BCUT2D eigenvalue weighted by Gasteiger charge is 2.16. The highest BCUT2D eigenvalue weighted by molar-refractivity contribution is 9.10. The van der Waals surface area contributed by atoms with Crippen LogP contribution in [0.4, 0.5) is 11.5 Å². The second-order valence-corrected chi connectivity index (χ2v) is 5.07. The van der Waals surface area contributed by atoms with Crippen molar-refractivity contribution in [2.75, 3.05) is 5.32 Å². The van der Waals surface area contributed by atoms with Crippen LogP contribution in [-0.2, 0) is 0 Å². The van der Waals surface area contributed by atoms with Crippen LogP contribution in [0.5, 0.6) is 0 Å². The third-order valence-electron chi connectivity index (χ3n) is 2.69. The van der Waals surface area contributed by atoms with Crippen LogP contribution in [0.25, 0.3) is 0 Å². The molecule has 0 bridgehead atoms. The van der Waals surface area contributed by atoms with E-state index >= 15 is 0 Å². The Morgan fingerprint density at radius 1 is 1.32 bits per heavy atom. The van der Waals surface area contributed by atoms with Crippen LogP contribution in [0.2, 0.25) is 0 Å². The number of hydrogen-bond acceptors (Lipinski definition) is 3. The highest BCUT2D eigenvalue weighted by atomic mass is 79.9. The lowest BCUT2D eigenvalue weighted by atomic mass is 10.1. The van der Waals surface area contributed by atoms with E-state index < -0.39 is 5.97 Å². The van der Waals surface area contributed by atoms with Crippen molar-refractivity contribution >= 4 is 33.4 Å². The maximum Gasteiger partial charge on any atom is 0.339 e. The molecular weight excluding hydrogens is 308 g/mol. The number of anilines is 2. The zero-order valence-corrected chi connectivity index (χ0v) is 12.2. The molecule has 0 fully saturated rings. The summed E-state index contributed by atoms with van der Waals surface area (Å²) in [5, 5.41) is 12.4. The van der Waals surface area contributed by atoms with Crippen LogP contribution >= 0.6 is 15.9 Å². The van der Waals surface area contributed by atoms with Gasteiger partial charge in [0.2, 0.25) is 0 Å². The van der Waals surface area contributed by atoms with E-state index in [0.717, 1.165) is 15.9 Å². The molecule has 0 spiro atoms. The summed E-state index contributed by atoms with van der Waals surface area (Å²) >= 11 is 3.41. The molecule has 0 unspecified atom stereocenters. The van der Waals surface area contributed by atoms with Crippen molar-refractivity contribution in [2.45, 2.75) is 13.8 Å². The van der Waals surface area contributed by atoms with Gasteiger partial charge in [-0.05, 0) is 53.5 Å². The number of nitrogens with zero attached hydrogens (tertiary/aromatic N) is 1. The number of aromatic carboxylic acids is 1. The smallest absolute Gasteiger partial charge is 0.339 e. The quantitative estimate of drug-likeness (QED) is 0.900. The Hall–Kier alpha value is -1.88. The number of aryl methyl sites for hydroxylation is 2. The summed E-state index contributed by atoms with van der Waals surface area (Å²) < 4.78 is 0.854. The Morgan fingerprint density at radius 2 is 2.00 bits per heavy atom. The topological polar surface area (TPSA) is 62.2 Å². The van der Waals surface area contributed by atoms with Crippen LogP contribution in [0, 0.1) is 13.8 Å². The molecule has 2 N–H and O–H groups in total. The summed E-state index contributed by atoms with van der Waals surface area (Å²) in [5.74, 6) is -0.628. The molecule has 0 aliphatic carbocycles. The zero-order valence-electron chi connectivity index (χ0n) is 10.6. The van der Waals surface area contributed by atoms with Gasteiger partial charge >= 0.3 is 5.97 Å². The second-order valence-electron chi connectivity index (χ2n) is 4.21. The minimum atomic E-state index is -0.987. The Bertz CT molecular complexity index is 641. The third-order valence-corrected chi connectivity index (χ3v) is 3.38. The van der Waals surface area contributed by atoms with Gasteiger partial charge < -0.3 is 10.4 Å². The first-order valence-electron chi connectivity index (χ1n) is 5.72. The summed E-state index contributed by atoms with van der Waals surface area (Å²) in [4.78, 5) is 15.6. The fraction of sp³-hybridized carbons (Fsp3) is 0.143. The van der Waals surface area contributed by atoms with E-state index in [1.807, 2.05) is 31.2 Å². The number of para-hydroxylation sites is 1. The monoisotopic (exact) mass is 320 g/mol. The summed E-state index contributed by atoms with van der Waals surface area (Å²) in [5.41, 5.74) is 2.44. The van der Waals surface area contributed by atoms with Gasteiger partial charge in [-0.25, -0.2) is 9.78 Å².